The number of nitrogens with one attached hydrogen (secondary N) is 1. The Bertz CT molecular complexity index is 860. The highest BCUT2D eigenvalue weighted by Crippen LogP contribution is 2.16. The molecule has 0 aliphatic carbocycles. The maximum atomic E-state index is 4.52. The van der Waals surface area contributed by atoms with Crippen molar-refractivity contribution in [2.75, 3.05) is 20.6 Å². The molecule has 130 valence electrons. The van der Waals surface area contributed by atoms with Gasteiger partial charge in [-0.1, -0.05) is 24.3 Å². The third-order valence-corrected chi connectivity index (χ3v) is 4.42. The summed E-state index contributed by atoms with van der Waals surface area (Å²) in [6.45, 7) is 1.64. The van der Waals surface area contributed by atoms with Gasteiger partial charge >= 0.3 is 0 Å². The summed E-state index contributed by atoms with van der Waals surface area (Å²) in [5.74, 6) is 0.898. The van der Waals surface area contributed by atoms with Crippen molar-refractivity contribution < 1.29 is 0 Å². The van der Waals surface area contributed by atoms with Crippen LogP contribution in [0.15, 0.2) is 59.9 Å². The Labute approximate surface area is 149 Å². The van der Waals surface area contributed by atoms with Crippen LogP contribution in [0.1, 0.15) is 11.3 Å². The highest BCUT2D eigenvalue weighted by Gasteiger charge is 2.08. The van der Waals surface area contributed by atoms with E-state index in [4.69, 9.17) is 0 Å². The number of rotatable bonds is 5. The maximum Gasteiger partial charge on any atom is 0.193 e. The van der Waals surface area contributed by atoms with Crippen LogP contribution in [0.2, 0.25) is 0 Å². The quantitative estimate of drug-likeness (QED) is 0.576. The van der Waals surface area contributed by atoms with E-state index in [2.05, 4.69) is 81.5 Å². The Hall–Kier alpha value is -2.82. The molecule has 0 aliphatic heterocycles. The van der Waals surface area contributed by atoms with E-state index in [1.165, 1.54) is 16.6 Å². The molecular weight excluding hydrogens is 310 g/mol. The van der Waals surface area contributed by atoms with Gasteiger partial charge in [-0.2, -0.15) is 0 Å². The Balaban J connectivity index is 1.60. The molecule has 0 saturated carbocycles. The minimum absolute atomic E-state index is 0.818. The van der Waals surface area contributed by atoms with Crippen molar-refractivity contribution >= 4 is 16.9 Å². The number of aryl methyl sites for hydroxylation is 1. The first kappa shape index (κ1) is 17.0. The molecule has 0 amide bonds. The molecule has 2 heterocycles. The fraction of sp³-hybridized carbons (Fsp3) is 0.300. The van der Waals surface area contributed by atoms with Crippen molar-refractivity contribution in [3.05, 3.63) is 66.1 Å². The van der Waals surface area contributed by atoms with Crippen molar-refractivity contribution in [3.8, 4) is 0 Å². The summed E-state index contributed by atoms with van der Waals surface area (Å²) in [4.78, 5) is 11.1. The van der Waals surface area contributed by atoms with Gasteiger partial charge in [0.1, 0.15) is 0 Å². The third kappa shape index (κ3) is 3.99. The van der Waals surface area contributed by atoms with Gasteiger partial charge in [-0.3, -0.25) is 9.98 Å². The normalized spacial score (nSPS) is 11.7. The summed E-state index contributed by atoms with van der Waals surface area (Å²) in [6.07, 6.45) is 4.82. The van der Waals surface area contributed by atoms with E-state index in [9.17, 15) is 0 Å². The van der Waals surface area contributed by atoms with Crippen molar-refractivity contribution in [2.45, 2.75) is 13.0 Å². The molecular formula is C20H25N5. The minimum Gasteiger partial charge on any atom is -0.356 e. The first-order chi connectivity index (χ1) is 12.2. The molecule has 5 nitrogen and oxygen atoms in total. The predicted octanol–water partition coefficient (Wildman–Crippen LogP) is 2.82. The molecule has 0 radical (unpaired) electrons. The number of guanidine groups is 1. The lowest BCUT2D eigenvalue weighted by molar-refractivity contribution is 0.462. The first-order valence-corrected chi connectivity index (χ1v) is 8.53. The van der Waals surface area contributed by atoms with Crippen LogP contribution in [-0.4, -0.2) is 41.1 Å². The second-order valence-electron chi connectivity index (χ2n) is 6.18. The lowest BCUT2D eigenvalue weighted by atomic mass is 10.1. The van der Waals surface area contributed by atoms with E-state index in [1.54, 1.807) is 0 Å². The van der Waals surface area contributed by atoms with Crippen molar-refractivity contribution in [3.63, 3.8) is 0 Å². The standard InChI is InChI=1S/C20H25N5/c1-21-20(25(3)15-18-10-6-14-24(18)2)23-13-11-17-8-4-7-16-9-5-12-22-19(16)17/h4-10,12,14H,11,13,15H2,1-3H3,(H,21,23). The smallest absolute Gasteiger partial charge is 0.193 e. The molecule has 3 aromatic rings. The van der Waals surface area contributed by atoms with Gasteiger partial charge in [-0.05, 0) is 30.2 Å². The van der Waals surface area contributed by atoms with E-state index in [0.717, 1.165) is 31.0 Å². The second kappa shape index (κ2) is 7.83. The van der Waals surface area contributed by atoms with Gasteiger partial charge in [0.05, 0.1) is 12.1 Å². The van der Waals surface area contributed by atoms with E-state index in [-0.39, 0.29) is 0 Å². The predicted molar refractivity (Wildman–Crippen MR) is 104 cm³/mol. The highest BCUT2D eigenvalue weighted by molar-refractivity contribution is 5.82. The van der Waals surface area contributed by atoms with Crippen LogP contribution in [0.25, 0.3) is 10.9 Å². The van der Waals surface area contributed by atoms with Gasteiger partial charge < -0.3 is 14.8 Å². The van der Waals surface area contributed by atoms with Gasteiger partial charge in [0.15, 0.2) is 5.96 Å². The van der Waals surface area contributed by atoms with Crippen molar-refractivity contribution in [1.29, 1.82) is 0 Å². The fourth-order valence-electron chi connectivity index (χ4n) is 3.04. The monoisotopic (exact) mass is 335 g/mol. The number of benzene rings is 1. The Morgan fingerprint density at radius 2 is 2.04 bits per heavy atom. The van der Waals surface area contributed by atoms with E-state index < -0.39 is 0 Å². The molecule has 3 rings (SSSR count). The average Bonchev–Trinajstić information content (AvgIpc) is 3.03. The zero-order chi connectivity index (χ0) is 17.6. The molecule has 25 heavy (non-hydrogen) atoms. The van der Waals surface area contributed by atoms with Gasteiger partial charge in [-0.15, -0.1) is 0 Å². The minimum atomic E-state index is 0.818. The molecule has 1 aromatic carbocycles. The van der Waals surface area contributed by atoms with Gasteiger partial charge in [0.2, 0.25) is 0 Å². The van der Waals surface area contributed by atoms with Gasteiger partial charge in [-0.25, -0.2) is 0 Å². The number of para-hydroxylation sites is 1. The van der Waals surface area contributed by atoms with Crippen LogP contribution in [0, 0.1) is 0 Å². The van der Waals surface area contributed by atoms with Crippen molar-refractivity contribution in [2.24, 2.45) is 12.0 Å². The molecule has 2 aromatic heterocycles. The van der Waals surface area contributed by atoms with Crippen LogP contribution < -0.4 is 5.32 Å². The van der Waals surface area contributed by atoms with Crippen LogP contribution in [0.4, 0.5) is 0 Å². The molecule has 0 saturated heterocycles. The maximum absolute atomic E-state index is 4.52. The lowest BCUT2D eigenvalue weighted by Crippen LogP contribution is -2.39. The Kier molecular flexibility index (Phi) is 5.33. The third-order valence-electron chi connectivity index (χ3n) is 4.42. The average molecular weight is 335 g/mol. The number of pyridine rings is 1. The summed E-state index contributed by atoms with van der Waals surface area (Å²) in [5, 5.41) is 4.64. The molecule has 0 fully saturated rings. The van der Waals surface area contributed by atoms with Crippen molar-refractivity contribution in [1.82, 2.24) is 19.8 Å². The summed E-state index contributed by atoms with van der Waals surface area (Å²) in [5.41, 5.74) is 3.59. The largest absolute Gasteiger partial charge is 0.356 e. The lowest BCUT2D eigenvalue weighted by Gasteiger charge is -2.22. The van der Waals surface area contributed by atoms with Gasteiger partial charge in [0, 0.05) is 51.2 Å². The number of aliphatic imine (C=N–C) groups is 1. The Morgan fingerprint density at radius 1 is 1.20 bits per heavy atom. The molecule has 0 bridgehead atoms. The zero-order valence-corrected chi connectivity index (χ0v) is 15.1. The fourth-order valence-corrected chi connectivity index (χ4v) is 3.04. The van der Waals surface area contributed by atoms with Crippen LogP contribution in [-0.2, 0) is 20.0 Å². The summed E-state index contributed by atoms with van der Waals surface area (Å²) in [7, 11) is 5.94. The van der Waals surface area contributed by atoms with Crippen LogP contribution in [0.5, 0.6) is 0 Å². The molecule has 0 spiro atoms. The van der Waals surface area contributed by atoms with E-state index in [1.807, 2.05) is 19.3 Å². The SMILES string of the molecule is CN=C(NCCc1cccc2cccnc12)N(C)Cc1cccn1C. The molecule has 0 unspecified atom stereocenters. The van der Waals surface area contributed by atoms with Crippen LogP contribution >= 0.6 is 0 Å². The second-order valence-corrected chi connectivity index (χ2v) is 6.18. The number of aromatic nitrogens is 2. The molecule has 0 aliphatic rings. The number of fused-ring (bicyclic) bond motifs is 1. The van der Waals surface area contributed by atoms with Crippen LogP contribution in [0.3, 0.4) is 0 Å². The topological polar surface area (TPSA) is 45.5 Å². The van der Waals surface area contributed by atoms with E-state index in [0.29, 0.717) is 0 Å². The number of hydrogen-bond donors (Lipinski definition) is 1. The molecule has 0 atom stereocenters. The first-order valence-electron chi connectivity index (χ1n) is 8.53. The molecule has 1 N–H and O–H groups in total. The number of nitrogens with zero attached hydrogens (tertiary/aromatic N) is 4. The summed E-state index contributed by atoms with van der Waals surface area (Å²) in [6, 6.07) is 14.6. The molecule has 5 heteroatoms. The Morgan fingerprint density at radius 3 is 2.80 bits per heavy atom. The number of hydrogen-bond acceptors (Lipinski definition) is 2. The summed E-state index contributed by atoms with van der Waals surface area (Å²) < 4.78 is 2.13. The summed E-state index contributed by atoms with van der Waals surface area (Å²) >= 11 is 0. The van der Waals surface area contributed by atoms with Gasteiger partial charge in [0.25, 0.3) is 0 Å². The van der Waals surface area contributed by atoms with E-state index >= 15 is 0 Å². The zero-order valence-electron chi connectivity index (χ0n) is 15.1. The highest BCUT2D eigenvalue weighted by atomic mass is 15.3.